The van der Waals surface area contributed by atoms with Crippen LogP contribution >= 0.6 is 22.6 Å². The van der Waals surface area contributed by atoms with Crippen LogP contribution in [0.25, 0.3) is 0 Å². The number of nitrogens with zero attached hydrogens (tertiary/aromatic N) is 1. The van der Waals surface area contributed by atoms with Crippen molar-refractivity contribution in [2.75, 3.05) is 14.1 Å². The fourth-order valence-electron chi connectivity index (χ4n) is 1.45. The van der Waals surface area contributed by atoms with E-state index in [2.05, 4.69) is 22.6 Å². The molecule has 2 N–H and O–H groups in total. The smallest absolute Gasteiger partial charge is 0.322 e. The van der Waals surface area contributed by atoms with Gasteiger partial charge >= 0.3 is 5.97 Å². The fraction of sp³-hybridized carbons (Fsp3) is 0.364. The Morgan fingerprint density at radius 3 is 2.19 bits per heavy atom. The lowest BCUT2D eigenvalue weighted by atomic mass is 10.1. The molecule has 1 aromatic carbocycles. The second-order valence-electron chi connectivity index (χ2n) is 3.74. The summed E-state index contributed by atoms with van der Waals surface area (Å²) in [5, 5.41) is 18.3. The van der Waals surface area contributed by atoms with Gasteiger partial charge in [-0.15, -0.1) is 0 Å². The molecule has 0 heterocycles. The van der Waals surface area contributed by atoms with Gasteiger partial charge in [0, 0.05) is 0 Å². The molecule has 88 valence electrons. The maximum absolute atomic E-state index is 11.1. The second kappa shape index (κ2) is 5.49. The molecule has 1 aromatic rings. The van der Waals surface area contributed by atoms with Gasteiger partial charge in [0.25, 0.3) is 0 Å². The zero-order chi connectivity index (χ0) is 12.3. The largest absolute Gasteiger partial charge is 0.508 e. The lowest BCUT2D eigenvalue weighted by Crippen LogP contribution is -2.38. The number of hydrogen-bond donors (Lipinski definition) is 2. The number of rotatable bonds is 4. The minimum absolute atomic E-state index is 0.161. The zero-order valence-electron chi connectivity index (χ0n) is 9.09. The van der Waals surface area contributed by atoms with Crippen LogP contribution in [-0.4, -0.2) is 41.2 Å². The van der Waals surface area contributed by atoms with E-state index in [1.807, 2.05) is 0 Å². The van der Waals surface area contributed by atoms with Crippen LogP contribution in [-0.2, 0) is 4.79 Å². The molecule has 1 unspecified atom stereocenters. The lowest BCUT2D eigenvalue weighted by molar-refractivity contribution is -0.142. The number of halogens is 1. The summed E-state index contributed by atoms with van der Waals surface area (Å²) >= 11 is 2.11. The predicted octanol–water partition coefficient (Wildman–Crippen LogP) is 1.88. The fourth-order valence-corrected chi connectivity index (χ4v) is 2.81. The Labute approximate surface area is 108 Å². The van der Waals surface area contributed by atoms with Crippen LogP contribution in [0.4, 0.5) is 0 Å². The third-order valence-corrected chi connectivity index (χ3v) is 3.70. The van der Waals surface area contributed by atoms with E-state index >= 15 is 0 Å². The van der Waals surface area contributed by atoms with Crippen molar-refractivity contribution < 1.29 is 15.0 Å². The van der Waals surface area contributed by atoms with Crippen molar-refractivity contribution in [3.05, 3.63) is 29.8 Å². The highest BCUT2D eigenvalue weighted by atomic mass is 127. The van der Waals surface area contributed by atoms with Crippen LogP contribution in [0.1, 0.15) is 9.49 Å². The Hall–Kier alpha value is -0.820. The van der Waals surface area contributed by atoms with Crippen LogP contribution in [0.3, 0.4) is 0 Å². The molecule has 0 saturated heterocycles. The van der Waals surface area contributed by atoms with Gasteiger partial charge in [0.15, 0.2) is 0 Å². The molecule has 0 aliphatic rings. The Balaban J connectivity index is 2.94. The van der Waals surface area contributed by atoms with Crippen LogP contribution in [0.2, 0.25) is 0 Å². The Morgan fingerprint density at radius 2 is 1.81 bits per heavy atom. The maximum Gasteiger partial charge on any atom is 0.322 e. The first-order valence-electron chi connectivity index (χ1n) is 4.75. The molecular weight excluding hydrogens is 321 g/mol. The summed E-state index contributed by atoms with van der Waals surface area (Å²) < 4.78 is -0.161. The van der Waals surface area contributed by atoms with Crippen molar-refractivity contribution in [1.82, 2.24) is 4.90 Å². The number of alkyl halides is 1. The first kappa shape index (κ1) is 13.2. The molecule has 5 heteroatoms. The van der Waals surface area contributed by atoms with Gasteiger partial charge in [-0.3, -0.25) is 9.69 Å². The lowest BCUT2D eigenvalue weighted by Gasteiger charge is -2.25. The van der Waals surface area contributed by atoms with Gasteiger partial charge in [0.05, 0.1) is 3.92 Å². The Kier molecular flexibility index (Phi) is 4.55. The standard InChI is InChI=1S/C11H14INO3/c1-13(2)10(11(15)16)9(12)7-3-5-8(14)6-4-7/h3-6,9-10,14H,1-2H3,(H,15,16)/t9?,10-/m0/s1. The molecule has 0 fully saturated rings. The second-order valence-corrected chi connectivity index (χ2v) is 5.08. The first-order valence-corrected chi connectivity index (χ1v) is 6.00. The number of carboxylic acid groups (broad SMARTS) is 1. The molecule has 4 nitrogen and oxygen atoms in total. The number of hydrogen-bond acceptors (Lipinski definition) is 3. The van der Waals surface area contributed by atoms with Crippen molar-refractivity contribution in [1.29, 1.82) is 0 Å². The van der Waals surface area contributed by atoms with Crippen molar-refractivity contribution in [2.24, 2.45) is 0 Å². The van der Waals surface area contributed by atoms with Crippen molar-refractivity contribution in [3.63, 3.8) is 0 Å². The van der Waals surface area contributed by atoms with Crippen molar-refractivity contribution >= 4 is 28.6 Å². The highest BCUT2D eigenvalue weighted by Crippen LogP contribution is 2.30. The molecule has 0 aliphatic carbocycles. The quantitative estimate of drug-likeness (QED) is 0.652. The third-order valence-electron chi connectivity index (χ3n) is 2.30. The molecule has 0 spiro atoms. The number of likely N-dealkylation sites (N-methyl/N-ethyl adjacent to an activating group) is 1. The van der Waals surface area contributed by atoms with Crippen LogP contribution < -0.4 is 0 Å². The minimum Gasteiger partial charge on any atom is -0.508 e. The number of benzene rings is 1. The summed E-state index contributed by atoms with van der Waals surface area (Å²) in [6.07, 6.45) is 0. The summed E-state index contributed by atoms with van der Waals surface area (Å²) in [6.45, 7) is 0. The Morgan fingerprint density at radius 1 is 1.31 bits per heavy atom. The number of phenols is 1. The average molecular weight is 335 g/mol. The van der Waals surface area contributed by atoms with E-state index < -0.39 is 12.0 Å². The summed E-state index contributed by atoms with van der Waals surface area (Å²) in [5.41, 5.74) is 0.888. The van der Waals surface area contributed by atoms with Gasteiger partial charge in [-0.05, 0) is 31.8 Å². The molecule has 1 rings (SSSR count). The Bertz CT molecular complexity index is 364. The van der Waals surface area contributed by atoms with Crippen molar-refractivity contribution in [3.8, 4) is 5.75 Å². The zero-order valence-corrected chi connectivity index (χ0v) is 11.2. The van der Waals surface area contributed by atoms with Crippen LogP contribution in [0, 0.1) is 0 Å². The third kappa shape index (κ3) is 3.08. The van der Waals surface area contributed by atoms with Crippen LogP contribution in [0.15, 0.2) is 24.3 Å². The topological polar surface area (TPSA) is 60.8 Å². The molecule has 16 heavy (non-hydrogen) atoms. The average Bonchev–Trinajstić information content (AvgIpc) is 2.17. The SMILES string of the molecule is CN(C)[C@H](C(=O)O)C(I)c1ccc(O)cc1. The summed E-state index contributed by atoms with van der Waals surface area (Å²) in [5.74, 6) is -0.665. The number of carbonyl (C=O) groups is 1. The number of aromatic hydroxyl groups is 1. The van der Waals surface area contributed by atoms with Gasteiger partial charge in [-0.2, -0.15) is 0 Å². The monoisotopic (exact) mass is 335 g/mol. The van der Waals surface area contributed by atoms with E-state index in [4.69, 9.17) is 10.2 Å². The van der Waals surface area contributed by atoms with Gasteiger partial charge in [-0.25, -0.2) is 0 Å². The normalized spacial score (nSPS) is 14.8. The molecule has 0 saturated carbocycles. The minimum atomic E-state index is -0.850. The van der Waals surface area contributed by atoms with E-state index in [1.165, 1.54) is 0 Å². The summed E-state index contributed by atoms with van der Waals surface area (Å²) in [6, 6.07) is 6.04. The van der Waals surface area contributed by atoms with Crippen LogP contribution in [0.5, 0.6) is 5.75 Å². The molecule has 0 aromatic heterocycles. The molecule has 0 radical (unpaired) electrons. The number of phenolic OH excluding ortho intramolecular Hbond substituents is 1. The van der Waals surface area contributed by atoms with E-state index in [-0.39, 0.29) is 9.67 Å². The molecule has 0 bridgehead atoms. The van der Waals surface area contributed by atoms with E-state index in [0.717, 1.165) is 5.56 Å². The molecular formula is C11H14INO3. The summed E-state index contributed by atoms with van der Waals surface area (Å²) in [7, 11) is 3.48. The number of carboxylic acids is 1. The van der Waals surface area contributed by atoms with Gasteiger partial charge in [0.2, 0.25) is 0 Å². The van der Waals surface area contributed by atoms with Gasteiger partial charge in [-0.1, -0.05) is 34.7 Å². The van der Waals surface area contributed by atoms with E-state index in [1.54, 1.807) is 43.3 Å². The highest BCUT2D eigenvalue weighted by molar-refractivity contribution is 14.1. The van der Waals surface area contributed by atoms with Crippen molar-refractivity contribution in [2.45, 2.75) is 9.97 Å². The summed E-state index contributed by atoms with van der Waals surface area (Å²) in [4.78, 5) is 12.8. The molecule has 0 amide bonds. The highest BCUT2D eigenvalue weighted by Gasteiger charge is 2.29. The van der Waals surface area contributed by atoms with Gasteiger partial charge < -0.3 is 10.2 Å². The van der Waals surface area contributed by atoms with Gasteiger partial charge in [0.1, 0.15) is 11.8 Å². The van der Waals surface area contributed by atoms with E-state index in [0.29, 0.717) is 0 Å². The maximum atomic E-state index is 11.1. The molecule has 2 atom stereocenters. The number of aliphatic carboxylic acids is 1. The predicted molar refractivity (Wildman–Crippen MR) is 70.0 cm³/mol. The molecule has 0 aliphatic heterocycles. The van der Waals surface area contributed by atoms with E-state index in [9.17, 15) is 4.79 Å². The first-order chi connectivity index (χ1) is 7.43.